The monoisotopic (exact) mass is 337 g/mol. The van der Waals surface area contributed by atoms with E-state index in [9.17, 15) is 4.79 Å². The average molecular weight is 337 g/mol. The third kappa shape index (κ3) is 2.76. The topological polar surface area (TPSA) is 67.0 Å². The highest BCUT2D eigenvalue weighted by molar-refractivity contribution is 7.99. The number of hydrogen-bond acceptors (Lipinski definition) is 5. The van der Waals surface area contributed by atoms with E-state index in [4.69, 9.17) is 4.74 Å². The minimum absolute atomic E-state index is 0.0913. The van der Waals surface area contributed by atoms with E-state index in [0.29, 0.717) is 17.8 Å². The van der Waals surface area contributed by atoms with Crippen molar-refractivity contribution in [2.75, 3.05) is 12.4 Å². The zero-order valence-electron chi connectivity index (χ0n) is 13.0. The minimum atomic E-state index is -0.0913. The fourth-order valence-corrected chi connectivity index (χ4v) is 3.58. The van der Waals surface area contributed by atoms with Gasteiger partial charge in [-0.2, -0.15) is 0 Å². The van der Waals surface area contributed by atoms with Gasteiger partial charge in [0.05, 0.1) is 19.0 Å². The fraction of sp³-hybridized carbons (Fsp3) is 0.111. The molecule has 0 amide bonds. The second kappa shape index (κ2) is 6.05. The smallest absolute Gasteiger partial charge is 0.256 e. The number of aromatic amines is 1. The zero-order chi connectivity index (χ0) is 16.5. The van der Waals surface area contributed by atoms with Crippen LogP contribution >= 0.6 is 11.8 Å². The molecule has 1 aliphatic heterocycles. The Morgan fingerprint density at radius 1 is 1.12 bits per heavy atom. The van der Waals surface area contributed by atoms with E-state index in [1.54, 1.807) is 18.9 Å². The molecule has 2 heterocycles. The maximum absolute atomic E-state index is 12.0. The molecular formula is C18H15N3O2S. The Morgan fingerprint density at radius 3 is 2.71 bits per heavy atom. The van der Waals surface area contributed by atoms with Gasteiger partial charge < -0.3 is 15.0 Å². The summed E-state index contributed by atoms with van der Waals surface area (Å²) in [7, 11) is 1.66. The Balaban J connectivity index is 1.61. The Bertz CT molecular complexity index is 951. The largest absolute Gasteiger partial charge is 0.497 e. The lowest BCUT2D eigenvalue weighted by Gasteiger charge is -2.20. The molecule has 1 aliphatic rings. The number of nitrogens with one attached hydrogen (secondary N) is 2. The van der Waals surface area contributed by atoms with Gasteiger partial charge in [0.2, 0.25) is 0 Å². The molecule has 0 fully saturated rings. The number of anilines is 2. The number of hydrogen-bond donors (Lipinski definition) is 2. The van der Waals surface area contributed by atoms with Gasteiger partial charge in [0, 0.05) is 21.9 Å². The maximum Gasteiger partial charge on any atom is 0.256 e. The van der Waals surface area contributed by atoms with Gasteiger partial charge in [0.25, 0.3) is 5.56 Å². The first kappa shape index (κ1) is 14.8. The Labute approximate surface area is 143 Å². The van der Waals surface area contributed by atoms with Crippen LogP contribution in [0.5, 0.6) is 5.75 Å². The van der Waals surface area contributed by atoms with E-state index >= 15 is 0 Å². The molecule has 0 atom stereocenters. The number of H-pyrrole nitrogens is 1. The van der Waals surface area contributed by atoms with E-state index < -0.39 is 0 Å². The molecule has 0 radical (unpaired) electrons. The highest BCUT2D eigenvalue weighted by Crippen LogP contribution is 2.35. The normalized spacial score (nSPS) is 12.0. The van der Waals surface area contributed by atoms with Crippen molar-refractivity contribution in [3.63, 3.8) is 0 Å². The molecule has 0 saturated carbocycles. The first-order valence-electron chi connectivity index (χ1n) is 7.51. The van der Waals surface area contributed by atoms with Crippen LogP contribution in [0.3, 0.4) is 0 Å². The molecule has 0 saturated heterocycles. The van der Waals surface area contributed by atoms with E-state index in [1.165, 1.54) is 6.33 Å². The molecule has 1 aromatic heterocycles. The van der Waals surface area contributed by atoms with Crippen LogP contribution in [0.4, 0.5) is 11.5 Å². The van der Waals surface area contributed by atoms with Gasteiger partial charge in [0.15, 0.2) is 0 Å². The number of nitrogens with zero attached hydrogens (tertiary/aromatic N) is 1. The molecule has 3 aromatic rings. The second-order valence-electron chi connectivity index (χ2n) is 5.46. The van der Waals surface area contributed by atoms with E-state index in [2.05, 4.69) is 27.4 Å². The van der Waals surface area contributed by atoms with Crippen molar-refractivity contribution in [3.05, 3.63) is 70.3 Å². The Kier molecular flexibility index (Phi) is 3.74. The summed E-state index contributed by atoms with van der Waals surface area (Å²) in [5.74, 6) is 1.49. The quantitative estimate of drug-likeness (QED) is 0.598. The molecule has 0 spiro atoms. The molecule has 0 unspecified atom stereocenters. The lowest BCUT2D eigenvalue weighted by atomic mass is 10.0. The number of methoxy groups -OCH3 is 1. The third-order valence-electron chi connectivity index (χ3n) is 3.94. The van der Waals surface area contributed by atoms with E-state index in [1.807, 2.05) is 30.3 Å². The Morgan fingerprint density at radius 2 is 1.92 bits per heavy atom. The number of benzene rings is 2. The van der Waals surface area contributed by atoms with Crippen LogP contribution in [-0.4, -0.2) is 17.1 Å². The summed E-state index contributed by atoms with van der Waals surface area (Å²) in [4.78, 5) is 21.1. The molecule has 2 N–H and O–H groups in total. The van der Waals surface area contributed by atoms with Crippen molar-refractivity contribution < 1.29 is 4.74 Å². The minimum Gasteiger partial charge on any atom is -0.497 e. The predicted octanol–water partition coefficient (Wildman–Crippen LogP) is 3.58. The molecule has 0 bridgehead atoms. The van der Waals surface area contributed by atoms with Crippen LogP contribution in [0.25, 0.3) is 0 Å². The lowest BCUT2D eigenvalue weighted by Crippen LogP contribution is -2.20. The van der Waals surface area contributed by atoms with Crippen molar-refractivity contribution in [2.24, 2.45) is 0 Å². The summed E-state index contributed by atoms with van der Waals surface area (Å²) in [6, 6.07) is 14.2. The van der Waals surface area contributed by atoms with Crippen LogP contribution in [0, 0.1) is 0 Å². The van der Waals surface area contributed by atoms with Gasteiger partial charge in [0.1, 0.15) is 11.6 Å². The van der Waals surface area contributed by atoms with Crippen molar-refractivity contribution in [3.8, 4) is 5.75 Å². The van der Waals surface area contributed by atoms with Gasteiger partial charge in [-0.1, -0.05) is 11.8 Å². The number of fused-ring (bicyclic) bond motifs is 2. The predicted molar refractivity (Wildman–Crippen MR) is 94.5 cm³/mol. The third-order valence-corrected chi connectivity index (χ3v) is 4.94. The van der Waals surface area contributed by atoms with Crippen LogP contribution < -0.4 is 15.6 Å². The number of rotatable bonds is 3. The van der Waals surface area contributed by atoms with Gasteiger partial charge in [-0.25, -0.2) is 4.98 Å². The molecule has 4 rings (SSSR count). The summed E-state index contributed by atoms with van der Waals surface area (Å²) in [5, 5.41) is 3.23. The van der Waals surface area contributed by atoms with Gasteiger partial charge in [-0.05, 0) is 48.0 Å². The average Bonchev–Trinajstić information content (AvgIpc) is 2.61. The van der Waals surface area contributed by atoms with Crippen LogP contribution in [0.15, 0.2) is 63.4 Å². The summed E-state index contributed by atoms with van der Waals surface area (Å²) < 4.78 is 5.18. The van der Waals surface area contributed by atoms with Crippen molar-refractivity contribution in [2.45, 2.75) is 16.2 Å². The van der Waals surface area contributed by atoms with Crippen LogP contribution in [0.1, 0.15) is 11.1 Å². The Hall–Kier alpha value is -2.73. The first-order valence-corrected chi connectivity index (χ1v) is 8.33. The maximum atomic E-state index is 12.0. The SMILES string of the molecule is COc1ccc(Sc2ccc3c(c2)Cc2c(nc[nH]c2=O)N3)cc1. The molecule has 6 heteroatoms. The van der Waals surface area contributed by atoms with Gasteiger partial charge in [-0.15, -0.1) is 0 Å². The lowest BCUT2D eigenvalue weighted by molar-refractivity contribution is 0.414. The molecule has 2 aromatic carbocycles. The first-order chi connectivity index (χ1) is 11.7. The molecular weight excluding hydrogens is 322 g/mol. The molecule has 5 nitrogen and oxygen atoms in total. The van der Waals surface area contributed by atoms with Gasteiger partial charge >= 0.3 is 0 Å². The van der Waals surface area contributed by atoms with Crippen molar-refractivity contribution in [1.82, 2.24) is 9.97 Å². The second-order valence-corrected chi connectivity index (χ2v) is 6.60. The van der Waals surface area contributed by atoms with Crippen LogP contribution in [-0.2, 0) is 6.42 Å². The molecule has 120 valence electrons. The highest BCUT2D eigenvalue weighted by Gasteiger charge is 2.18. The van der Waals surface area contributed by atoms with E-state index in [0.717, 1.165) is 26.8 Å². The summed E-state index contributed by atoms with van der Waals surface area (Å²) >= 11 is 1.68. The highest BCUT2D eigenvalue weighted by atomic mass is 32.2. The van der Waals surface area contributed by atoms with Crippen LogP contribution in [0.2, 0.25) is 0 Å². The van der Waals surface area contributed by atoms with Crippen molar-refractivity contribution in [1.29, 1.82) is 0 Å². The molecule has 0 aliphatic carbocycles. The van der Waals surface area contributed by atoms with Crippen molar-refractivity contribution >= 4 is 23.3 Å². The molecule has 24 heavy (non-hydrogen) atoms. The fourth-order valence-electron chi connectivity index (χ4n) is 2.70. The van der Waals surface area contributed by atoms with E-state index in [-0.39, 0.29) is 5.56 Å². The summed E-state index contributed by atoms with van der Waals surface area (Å²) in [5.41, 5.74) is 2.68. The summed E-state index contributed by atoms with van der Waals surface area (Å²) in [6.45, 7) is 0. The number of aromatic nitrogens is 2. The summed E-state index contributed by atoms with van der Waals surface area (Å²) in [6.07, 6.45) is 2.00. The zero-order valence-corrected chi connectivity index (χ0v) is 13.8. The standard InChI is InChI=1S/C18H15N3O2S/c1-23-12-2-4-13(5-3-12)24-14-6-7-16-11(8-14)9-15-17(21-16)19-10-20-18(15)22/h2-8,10H,9H2,1H3,(H2,19,20,21,22). The van der Waals surface area contributed by atoms with Gasteiger partial charge in [-0.3, -0.25) is 4.79 Å². The number of ether oxygens (including phenoxy) is 1.